The molecule has 3 N–H and O–H groups in total. The number of nitrogens with two attached hydrogens (primary N) is 1. The lowest BCUT2D eigenvalue weighted by atomic mass is 9.94. The fourth-order valence-electron chi connectivity index (χ4n) is 3.36. The molecule has 7 heteroatoms. The van der Waals surface area contributed by atoms with E-state index in [-0.39, 0.29) is 11.1 Å². The molecule has 2 aromatic carbocycles. The van der Waals surface area contributed by atoms with Gasteiger partial charge in [0.15, 0.2) is 5.58 Å². The molecule has 2 heterocycles. The van der Waals surface area contributed by atoms with E-state index in [1.807, 2.05) is 30.3 Å². The van der Waals surface area contributed by atoms with Crippen molar-refractivity contribution in [1.29, 1.82) is 0 Å². The summed E-state index contributed by atoms with van der Waals surface area (Å²) in [6, 6.07) is 14.8. The van der Waals surface area contributed by atoms with Gasteiger partial charge in [-0.2, -0.15) is 0 Å². The fourth-order valence-corrected chi connectivity index (χ4v) is 4.24. The third-order valence-corrected chi connectivity index (χ3v) is 6.08. The third-order valence-electron chi connectivity index (χ3n) is 4.98. The Hall–Kier alpha value is -2.74. The largest absolute Gasteiger partial charge is 0.452 e. The Balaban J connectivity index is 1.72. The number of rotatable bonds is 7. The zero-order valence-electron chi connectivity index (χ0n) is 17.4. The van der Waals surface area contributed by atoms with Crippen LogP contribution in [0.2, 0.25) is 0 Å². The molecule has 0 aliphatic heterocycles. The van der Waals surface area contributed by atoms with Crippen molar-refractivity contribution in [2.24, 2.45) is 5.73 Å². The summed E-state index contributed by atoms with van der Waals surface area (Å²) in [6.07, 6.45) is 2.37. The molecule has 4 aromatic rings. The van der Waals surface area contributed by atoms with Gasteiger partial charge in [0.1, 0.15) is 29.1 Å². The topological polar surface area (TPSA) is 85.2 Å². The number of aliphatic hydroxyl groups is 1. The maximum Gasteiger partial charge on any atom is 0.179 e. The first-order chi connectivity index (χ1) is 14.9. The van der Waals surface area contributed by atoms with Gasteiger partial charge in [-0.25, -0.2) is 14.4 Å². The van der Waals surface area contributed by atoms with Gasteiger partial charge in [-0.1, -0.05) is 24.3 Å². The van der Waals surface area contributed by atoms with Crippen LogP contribution in [0.3, 0.4) is 0 Å². The van der Waals surface area contributed by atoms with Gasteiger partial charge in [0.05, 0.1) is 5.60 Å². The Morgan fingerprint density at radius 1 is 1.13 bits per heavy atom. The highest BCUT2D eigenvalue weighted by atomic mass is 32.2. The molecule has 160 valence electrons. The monoisotopic (exact) mass is 437 g/mol. The molecule has 5 nitrogen and oxygen atoms in total. The molecule has 2 aromatic heterocycles. The van der Waals surface area contributed by atoms with Crippen molar-refractivity contribution in [1.82, 2.24) is 9.97 Å². The molecule has 0 bridgehead atoms. The second-order valence-corrected chi connectivity index (χ2v) is 8.96. The zero-order valence-corrected chi connectivity index (χ0v) is 18.2. The molecule has 0 saturated heterocycles. The smallest absolute Gasteiger partial charge is 0.179 e. The van der Waals surface area contributed by atoms with Gasteiger partial charge >= 0.3 is 0 Å². The lowest BCUT2D eigenvalue weighted by Gasteiger charge is -2.19. The molecule has 0 radical (unpaired) electrons. The molecule has 0 spiro atoms. The van der Waals surface area contributed by atoms with Gasteiger partial charge in [-0.3, -0.25) is 0 Å². The first-order valence-corrected chi connectivity index (χ1v) is 11.1. The quantitative estimate of drug-likeness (QED) is 0.299. The van der Waals surface area contributed by atoms with E-state index in [9.17, 15) is 5.11 Å². The van der Waals surface area contributed by atoms with Crippen LogP contribution in [0, 0.1) is 5.82 Å². The summed E-state index contributed by atoms with van der Waals surface area (Å²) >= 11 is 1.76. The summed E-state index contributed by atoms with van der Waals surface area (Å²) in [7, 11) is 0. The second-order valence-electron chi connectivity index (χ2n) is 7.79. The predicted octanol–water partition coefficient (Wildman–Crippen LogP) is 5.36. The Bertz CT molecular complexity index is 1200. The van der Waals surface area contributed by atoms with Crippen LogP contribution in [0.15, 0.2) is 64.2 Å². The maximum absolute atomic E-state index is 15.2. The van der Waals surface area contributed by atoms with E-state index < -0.39 is 11.4 Å². The van der Waals surface area contributed by atoms with Crippen LogP contribution < -0.4 is 5.73 Å². The molecule has 0 aliphatic carbocycles. The molecule has 31 heavy (non-hydrogen) atoms. The molecule has 0 aliphatic rings. The number of aromatic nitrogens is 2. The minimum Gasteiger partial charge on any atom is -0.452 e. The maximum atomic E-state index is 15.2. The van der Waals surface area contributed by atoms with E-state index >= 15 is 4.39 Å². The Kier molecular flexibility index (Phi) is 6.09. The molecular weight excluding hydrogens is 413 g/mol. The summed E-state index contributed by atoms with van der Waals surface area (Å²) in [5.41, 5.74) is 6.95. The Morgan fingerprint density at radius 2 is 1.90 bits per heavy atom. The van der Waals surface area contributed by atoms with Gasteiger partial charge in [0.25, 0.3) is 0 Å². The van der Waals surface area contributed by atoms with Gasteiger partial charge < -0.3 is 15.3 Å². The normalized spacial score (nSPS) is 11.9. The first-order valence-electron chi connectivity index (χ1n) is 10.1. The number of thioether (sulfide) groups is 1. The highest BCUT2D eigenvalue weighted by Crippen LogP contribution is 2.36. The predicted molar refractivity (Wildman–Crippen MR) is 122 cm³/mol. The van der Waals surface area contributed by atoms with Crippen LogP contribution in [-0.4, -0.2) is 27.4 Å². The summed E-state index contributed by atoms with van der Waals surface area (Å²) < 4.78 is 21.3. The number of nitrogens with zero attached hydrogens (tertiary/aromatic N) is 2. The van der Waals surface area contributed by atoms with Gasteiger partial charge in [0.2, 0.25) is 0 Å². The average Bonchev–Trinajstić information content (AvgIpc) is 3.18. The van der Waals surface area contributed by atoms with Crippen LogP contribution >= 0.6 is 11.8 Å². The second kappa shape index (κ2) is 8.78. The van der Waals surface area contributed by atoms with Crippen molar-refractivity contribution in [3.05, 3.63) is 66.2 Å². The van der Waals surface area contributed by atoms with Crippen molar-refractivity contribution in [2.75, 3.05) is 12.3 Å². The van der Waals surface area contributed by atoms with E-state index in [4.69, 9.17) is 10.2 Å². The standard InChI is InChI=1S/C24H24FN3O2S/c1-24(2,29)18-6-3-5-17(21(18)25)22-23-19(27-14-28-22)13-20(30-23)15-7-9-16(10-8-15)31-12-4-11-26/h3,5-10,13-14,29H,4,11-12,26H2,1-2H3. The molecular formula is C24H24FN3O2S. The van der Waals surface area contributed by atoms with Crippen molar-refractivity contribution < 1.29 is 13.9 Å². The third kappa shape index (κ3) is 4.49. The van der Waals surface area contributed by atoms with Gasteiger partial charge in [-0.15, -0.1) is 11.8 Å². The average molecular weight is 438 g/mol. The number of furan rings is 1. The van der Waals surface area contributed by atoms with E-state index in [0.717, 1.165) is 17.7 Å². The SMILES string of the molecule is CC(C)(O)c1cccc(-c2ncnc3cc(-c4ccc(SCCCN)cc4)oc23)c1F. The number of fused-ring (bicyclic) bond motifs is 1. The minimum atomic E-state index is -1.32. The number of halogens is 1. The summed E-state index contributed by atoms with van der Waals surface area (Å²) in [4.78, 5) is 9.74. The molecule has 4 rings (SSSR count). The lowest BCUT2D eigenvalue weighted by molar-refractivity contribution is 0.0746. The summed E-state index contributed by atoms with van der Waals surface area (Å²) in [5.74, 6) is 1.09. The highest BCUT2D eigenvalue weighted by Gasteiger charge is 2.24. The lowest BCUT2D eigenvalue weighted by Crippen LogP contribution is -2.18. The van der Waals surface area contributed by atoms with Crippen LogP contribution in [0.5, 0.6) is 0 Å². The van der Waals surface area contributed by atoms with Crippen LogP contribution in [-0.2, 0) is 5.60 Å². The zero-order chi connectivity index (χ0) is 22.0. The highest BCUT2D eigenvalue weighted by molar-refractivity contribution is 7.99. The van der Waals surface area contributed by atoms with E-state index in [1.54, 1.807) is 43.8 Å². The van der Waals surface area contributed by atoms with Crippen molar-refractivity contribution in [3.8, 4) is 22.6 Å². The van der Waals surface area contributed by atoms with E-state index in [1.165, 1.54) is 11.2 Å². The van der Waals surface area contributed by atoms with Gasteiger partial charge in [-0.05, 0) is 50.8 Å². The van der Waals surface area contributed by atoms with Crippen molar-refractivity contribution >= 4 is 22.9 Å². The van der Waals surface area contributed by atoms with Crippen LogP contribution in [0.1, 0.15) is 25.8 Å². The fraction of sp³-hybridized carbons (Fsp3) is 0.250. The van der Waals surface area contributed by atoms with Crippen LogP contribution in [0.25, 0.3) is 33.7 Å². The van der Waals surface area contributed by atoms with E-state index in [2.05, 4.69) is 9.97 Å². The number of hydrogen-bond donors (Lipinski definition) is 2. The minimum absolute atomic E-state index is 0.200. The molecule has 0 atom stereocenters. The van der Waals surface area contributed by atoms with Crippen molar-refractivity contribution in [2.45, 2.75) is 30.8 Å². The molecule has 0 saturated carbocycles. The van der Waals surface area contributed by atoms with E-state index in [0.29, 0.717) is 29.1 Å². The summed E-state index contributed by atoms with van der Waals surface area (Å²) in [6.45, 7) is 3.79. The van der Waals surface area contributed by atoms with Crippen LogP contribution in [0.4, 0.5) is 4.39 Å². The summed E-state index contributed by atoms with van der Waals surface area (Å²) in [5, 5.41) is 10.3. The van der Waals surface area contributed by atoms with Crippen molar-refractivity contribution in [3.63, 3.8) is 0 Å². The molecule has 0 amide bonds. The molecule has 0 unspecified atom stereocenters. The van der Waals surface area contributed by atoms with Gasteiger partial charge in [0, 0.05) is 27.7 Å². The number of hydrogen-bond acceptors (Lipinski definition) is 6. The first kappa shape index (κ1) is 21.5. The molecule has 0 fully saturated rings. The Labute approximate surface area is 184 Å². The Morgan fingerprint density at radius 3 is 2.61 bits per heavy atom. The number of benzene rings is 2.